The Morgan fingerprint density at radius 1 is 1.45 bits per heavy atom. The summed E-state index contributed by atoms with van der Waals surface area (Å²) >= 11 is 6.26. The predicted octanol–water partition coefficient (Wildman–Crippen LogP) is 3.29. The van der Waals surface area contributed by atoms with E-state index in [1.165, 1.54) is 0 Å². The summed E-state index contributed by atoms with van der Waals surface area (Å²) in [4.78, 5) is 24.1. The van der Waals surface area contributed by atoms with Gasteiger partial charge in [0.15, 0.2) is 18.2 Å². The van der Waals surface area contributed by atoms with Crippen LogP contribution < -0.4 is 4.74 Å². The van der Waals surface area contributed by atoms with Gasteiger partial charge in [0.05, 0.1) is 5.92 Å². The van der Waals surface area contributed by atoms with Gasteiger partial charge < -0.3 is 9.47 Å². The predicted molar refractivity (Wildman–Crippen MR) is 81.1 cm³/mol. The number of fused-ring (bicyclic) bond motifs is 2. The number of Topliss-reactive ketones (excluding diaryl/α,β-unsaturated/α-hetero) is 1. The lowest BCUT2D eigenvalue weighted by atomic mass is 9.83. The Bertz CT molecular complexity index is 558. The van der Waals surface area contributed by atoms with Crippen LogP contribution in [-0.2, 0) is 25.3 Å². The van der Waals surface area contributed by atoms with Crippen molar-refractivity contribution >= 4 is 42.3 Å². The van der Waals surface area contributed by atoms with Crippen molar-refractivity contribution in [1.82, 2.24) is 0 Å². The molecule has 0 amide bonds. The molecule has 0 unspecified atom stereocenters. The van der Waals surface area contributed by atoms with Crippen molar-refractivity contribution in [3.63, 3.8) is 0 Å². The Kier molecular flexibility index (Phi) is 4.66. The first-order valence-electron chi connectivity index (χ1n) is 6.10. The van der Waals surface area contributed by atoms with Gasteiger partial charge in [-0.1, -0.05) is 28.1 Å². The highest BCUT2D eigenvalue weighted by molar-refractivity contribution is 9.18. The molecular formula is C14H14Br2O4. The van der Waals surface area contributed by atoms with E-state index in [-0.39, 0.29) is 17.3 Å². The Labute approximate surface area is 134 Å². The Morgan fingerprint density at radius 2 is 2.15 bits per heavy atom. The van der Waals surface area contributed by atoms with Crippen LogP contribution >= 0.6 is 31.9 Å². The van der Waals surface area contributed by atoms with E-state index in [0.717, 1.165) is 11.1 Å². The van der Waals surface area contributed by atoms with Crippen molar-refractivity contribution in [2.45, 2.75) is 24.8 Å². The van der Waals surface area contributed by atoms with Gasteiger partial charge in [0.2, 0.25) is 4.69 Å². The van der Waals surface area contributed by atoms with Gasteiger partial charge in [0, 0.05) is 10.9 Å². The van der Waals surface area contributed by atoms with Crippen LogP contribution in [0.3, 0.4) is 0 Å². The van der Waals surface area contributed by atoms with Crippen LogP contribution in [0.2, 0.25) is 0 Å². The second-order valence-electron chi connectivity index (χ2n) is 4.75. The lowest BCUT2D eigenvalue weighted by molar-refractivity contribution is -0.157. The fourth-order valence-corrected chi connectivity index (χ4v) is 3.08. The molecule has 108 valence electrons. The molecule has 0 fully saturated rings. The number of ether oxygens (including phenoxy) is 2. The van der Waals surface area contributed by atoms with Crippen LogP contribution in [0.1, 0.15) is 25.0 Å². The molecule has 20 heavy (non-hydrogen) atoms. The topological polar surface area (TPSA) is 52.6 Å². The van der Waals surface area contributed by atoms with Crippen LogP contribution in [0.15, 0.2) is 18.2 Å². The monoisotopic (exact) mass is 404 g/mol. The van der Waals surface area contributed by atoms with E-state index < -0.39 is 11.5 Å². The lowest BCUT2D eigenvalue weighted by Crippen LogP contribution is -2.41. The fourth-order valence-electron chi connectivity index (χ4n) is 2.29. The average molecular weight is 406 g/mol. The second kappa shape index (κ2) is 5.95. The van der Waals surface area contributed by atoms with Crippen LogP contribution in [-0.4, -0.2) is 17.3 Å². The zero-order valence-corrected chi connectivity index (χ0v) is 14.3. The van der Waals surface area contributed by atoms with Crippen LogP contribution in [0, 0.1) is 5.92 Å². The summed E-state index contributed by atoms with van der Waals surface area (Å²) in [6.07, 6.45) is 0. The first-order chi connectivity index (χ1) is 9.41. The van der Waals surface area contributed by atoms with Crippen molar-refractivity contribution in [3.05, 3.63) is 29.3 Å². The Balaban J connectivity index is 2.54. The molecule has 2 atom stereocenters. The molecule has 6 heteroatoms. The highest BCUT2D eigenvalue weighted by Crippen LogP contribution is 2.39. The fraction of sp³-hybridized carbons (Fsp3) is 0.429. The summed E-state index contributed by atoms with van der Waals surface area (Å²) in [6, 6.07) is 5.48. The van der Waals surface area contributed by atoms with Crippen molar-refractivity contribution in [3.8, 4) is 5.75 Å². The van der Waals surface area contributed by atoms with E-state index in [9.17, 15) is 9.59 Å². The van der Waals surface area contributed by atoms with E-state index in [4.69, 9.17) is 9.47 Å². The molecular weight excluding hydrogens is 392 g/mol. The number of carbonyl (C=O) groups is 2. The summed E-state index contributed by atoms with van der Waals surface area (Å²) < 4.78 is 10.8. The van der Waals surface area contributed by atoms with Gasteiger partial charge in [-0.25, -0.2) is 0 Å². The lowest BCUT2D eigenvalue weighted by Gasteiger charge is -2.29. The molecule has 2 bridgehead atoms. The van der Waals surface area contributed by atoms with Gasteiger partial charge in [0.1, 0.15) is 5.75 Å². The molecule has 1 aromatic rings. The minimum absolute atomic E-state index is 0.0288. The number of halogens is 2. The molecule has 2 rings (SSSR count). The van der Waals surface area contributed by atoms with Crippen molar-refractivity contribution < 1.29 is 19.1 Å². The Hall–Kier alpha value is -0.720. The van der Waals surface area contributed by atoms with Gasteiger partial charge in [-0.05, 0) is 41.4 Å². The quantitative estimate of drug-likeness (QED) is 0.438. The average Bonchev–Trinajstić information content (AvgIpc) is 2.51. The molecule has 1 aliphatic heterocycles. The molecule has 0 saturated carbocycles. The van der Waals surface area contributed by atoms with Crippen LogP contribution in [0.4, 0.5) is 0 Å². The number of benzene rings is 1. The minimum Gasteiger partial charge on any atom is -0.467 e. The maximum Gasteiger partial charge on any atom is 0.208 e. The smallest absolute Gasteiger partial charge is 0.208 e. The third kappa shape index (κ3) is 2.56. The first kappa shape index (κ1) is 15.7. The van der Waals surface area contributed by atoms with E-state index >= 15 is 0 Å². The van der Waals surface area contributed by atoms with Crippen molar-refractivity contribution in [1.29, 1.82) is 0 Å². The summed E-state index contributed by atoms with van der Waals surface area (Å²) in [5, 5.41) is 0.543. The molecule has 1 aromatic carbocycles. The third-order valence-electron chi connectivity index (χ3n) is 3.55. The van der Waals surface area contributed by atoms with Gasteiger partial charge >= 0.3 is 0 Å². The Morgan fingerprint density at radius 3 is 2.75 bits per heavy atom. The molecule has 0 saturated heterocycles. The van der Waals surface area contributed by atoms with Crippen LogP contribution in [0.25, 0.3) is 0 Å². The molecule has 4 nitrogen and oxygen atoms in total. The summed E-state index contributed by atoms with van der Waals surface area (Å²) in [5.74, 6) is -0.386. The largest absolute Gasteiger partial charge is 0.467 e. The minimum atomic E-state index is -1.20. The molecule has 0 N–H and O–H groups in total. The number of hydrogen-bond acceptors (Lipinski definition) is 4. The van der Waals surface area contributed by atoms with Crippen LogP contribution in [0.5, 0.6) is 5.75 Å². The normalized spacial score (nSPS) is 22.6. The molecule has 0 spiro atoms. The van der Waals surface area contributed by atoms with Gasteiger partial charge in [-0.3, -0.25) is 9.59 Å². The standard InChI is InChI=1S/C14H14Br2O4/c1-8(13(16)18)12(17)14(2)10-4-3-5-11(9(10)6-15)19-7-20-14/h3-5,8H,6-7H2,1-2H3/t8-,14-/m1/s1. The second-order valence-corrected chi connectivity index (χ2v) is 6.09. The third-order valence-corrected chi connectivity index (χ3v) is 4.79. The highest BCUT2D eigenvalue weighted by atomic mass is 79.9. The van der Waals surface area contributed by atoms with E-state index in [1.54, 1.807) is 13.8 Å². The van der Waals surface area contributed by atoms with Gasteiger partial charge in [-0.2, -0.15) is 0 Å². The van der Waals surface area contributed by atoms with E-state index in [1.807, 2.05) is 18.2 Å². The summed E-state index contributed by atoms with van der Waals surface area (Å²) in [5.41, 5.74) is 0.406. The maximum atomic E-state index is 12.6. The summed E-state index contributed by atoms with van der Waals surface area (Å²) in [6.45, 7) is 3.22. The SMILES string of the molecule is C[C@@H](C(=O)Br)C(=O)[C@]1(C)OCOc2cccc1c2CBr. The molecule has 0 radical (unpaired) electrons. The maximum absolute atomic E-state index is 12.6. The number of carbonyl (C=O) groups excluding carboxylic acids is 2. The van der Waals surface area contributed by atoms with Gasteiger partial charge in [-0.15, -0.1) is 0 Å². The van der Waals surface area contributed by atoms with E-state index in [2.05, 4.69) is 31.9 Å². The highest BCUT2D eigenvalue weighted by Gasteiger charge is 2.43. The summed E-state index contributed by atoms with van der Waals surface area (Å²) in [7, 11) is 0. The van der Waals surface area contributed by atoms with E-state index in [0.29, 0.717) is 11.1 Å². The molecule has 0 aromatic heterocycles. The molecule has 0 aliphatic carbocycles. The zero-order chi connectivity index (χ0) is 14.9. The molecule has 1 heterocycles. The van der Waals surface area contributed by atoms with Crippen molar-refractivity contribution in [2.75, 3.05) is 6.79 Å². The number of hydrogen-bond donors (Lipinski definition) is 0. The number of ketones is 1. The number of rotatable bonds is 4. The first-order valence-corrected chi connectivity index (χ1v) is 8.02. The van der Waals surface area contributed by atoms with Crippen molar-refractivity contribution in [2.24, 2.45) is 5.92 Å². The number of alkyl halides is 1. The zero-order valence-electron chi connectivity index (χ0n) is 11.1. The molecule has 1 aliphatic rings. The van der Waals surface area contributed by atoms with Gasteiger partial charge in [0.25, 0.3) is 0 Å².